The Hall–Kier alpha value is -6.13. The lowest BCUT2D eigenvalue weighted by molar-refractivity contribution is 0.669. The molecular formula is C41H27N3O. The smallest absolute Gasteiger partial charge is 0.137 e. The molecule has 0 atom stereocenters. The summed E-state index contributed by atoms with van der Waals surface area (Å²) in [5, 5.41) is 4.61. The largest absolute Gasteiger partial charge is 0.456 e. The van der Waals surface area contributed by atoms with Crippen LogP contribution in [0.15, 0.2) is 168 Å². The average molecular weight is 578 g/mol. The Morgan fingerprint density at radius 2 is 1.13 bits per heavy atom. The Balaban J connectivity index is 1.28. The molecule has 212 valence electrons. The summed E-state index contributed by atoms with van der Waals surface area (Å²) in [6.45, 7) is 0. The summed E-state index contributed by atoms with van der Waals surface area (Å²) >= 11 is 0. The van der Waals surface area contributed by atoms with Crippen LogP contribution in [0.1, 0.15) is 0 Å². The van der Waals surface area contributed by atoms with Crippen molar-refractivity contribution in [3.63, 3.8) is 0 Å². The quantitative estimate of drug-likeness (QED) is 0.204. The molecule has 4 nitrogen and oxygen atoms in total. The van der Waals surface area contributed by atoms with Gasteiger partial charge < -0.3 is 8.98 Å². The van der Waals surface area contributed by atoms with Crippen molar-refractivity contribution in [3.8, 4) is 16.8 Å². The average Bonchev–Trinajstić information content (AvgIpc) is 3.65. The molecule has 0 radical (unpaired) electrons. The summed E-state index contributed by atoms with van der Waals surface area (Å²) in [5.41, 5.74) is 9.45. The summed E-state index contributed by atoms with van der Waals surface area (Å²) in [6, 6.07) is 55.2. The molecule has 0 bridgehead atoms. The lowest BCUT2D eigenvalue weighted by Gasteiger charge is -2.25. The van der Waals surface area contributed by atoms with Crippen LogP contribution in [0.2, 0.25) is 0 Å². The molecule has 9 aromatic rings. The fraction of sp³-hybridized carbons (Fsp3) is 0. The maximum Gasteiger partial charge on any atom is 0.137 e. The molecule has 0 fully saturated rings. The molecule has 0 saturated heterocycles. The minimum Gasteiger partial charge on any atom is -0.456 e. The highest BCUT2D eigenvalue weighted by Crippen LogP contribution is 2.41. The minimum absolute atomic E-state index is 0.837. The van der Waals surface area contributed by atoms with E-state index in [1.54, 1.807) is 0 Å². The number of benzene rings is 6. The van der Waals surface area contributed by atoms with E-state index in [0.29, 0.717) is 0 Å². The second kappa shape index (κ2) is 10.2. The normalized spacial score (nSPS) is 11.6. The van der Waals surface area contributed by atoms with E-state index >= 15 is 0 Å². The number of hydrogen-bond donors (Lipinski definition) is 0. The van der Waals surface area contributed by atoms with Crippen molar-refractivity contribution >= 4 is 60.9 Å². The van der Waals surface area contributed by atoms with E-state index in [9.17, 15) is 0 Å². The van der Waals surface area contributed by atoms with Gasteiger partial charge in [-0.15, -0.1) is 0 Å². The van der Waals surface area contributed by atoms with Gasteiger partial charge in [-0.3, -0.25) is 4.90 Å². The molecule has 0 unspecified atom stereocenters. The van der Waals surface area contributed by atoms with E-state index < -0.39 is 0 Å². The van der Waals surface area contributed by atoms with E-state index in [1.807, 2.05) is 24.4 Å². The SMILES string of the molecule is c1ccc(-c2ccc(N(c3ccc4oc5ccccc5c4c3)c3ccc4c5ccccc5n(-c5ccccc5)c4c3)nc2)cc1. The van der Waals surface area contributed by atoms with E-state index in [-0.39, 0.29) is 0 Å². The zero-order valence-corrected chi connectivity index (χ0v) is 24.3. The number of aromatic nitrogens is 2. The van der Waals surface area contributed by atoms with Crippen LogP contribution in [0, 0.1) is 0 Å². The first-order valence-corrected chi connectivity index (χ1v) is 15.1. The van der Waals surface area contributed by atoms with Crippen molar-refractivity contribution < 1.29 is 4.42 Å². The highest BCUT2D eigenvalue weighted by atomic mass is 16.3. The molecule has 0 spiro atoms. The Bertz CT molecular complexity index is 2480. The summed E-state index contributed by atoms with van der Waals surface area (Å²) < 4.78 is 8.53. The molecular weight excluding hydrogens is 550 g/mol. The van der Waals surface area contributed by atoms with Gasteiger partial charge in [0.15, 0.2) is 0 Å². The lowest BCUT2D eigenvalue weighted by atomic mass is 10.1. The van der Waals surface area contributed by atoms with Crippen LogP contribution in [-0.2, 0) is 0 Å². The highest BCUT2D eigenvalue weighted by molar-refractivity contribution is 6.11. The first kappa shape index (κ1) is 25.4. The van der Waals surface area contributed by atoms with E-state index in [2.05, 4.69) is 149 Å². The van der Waals surface area contributed by atoms with Gasteiger partial charge in [0.2, 0.25) is 0 Å². The van der Waals surface area contributed by atoms with Gasteiger partial charge in [-0.05, 0) is 72.3 Å². The van der Waals surface area contributed by atoms with E-state index in [4.69, 9.17) is 9.40 Å². The van der Waals surface area contributed by atoms with Gasteiger partial charge in [0.05, 0.1) is 11.0 Å². The predicted molar refractivity (Wildman–Crippen MR) is 186 cm³/mol. The molecule has 3 heterocycles. The molecule has 45 heavy (non-hydrogen) atoms. The topological polar surface area (TPSA) is 34.2 Å². The molecule has 0 N–H and O–H groups in total. The van der Waals surface area contributed by atoms with Crippen molar-refractivity contribution in [1.82, 2.24) is 9.55 Å². The first-order chi connectivity index (χ1) is 22.3. The summed E-state index contributed by atoms with van der Waals surface area (Å²) in [7, 11) is 0. The van der Waals surface area contributed by atoms with Crippen LogP contribution in [-0.4, -0.2) is 9.55 Å². The third-order valence-electron chi connectivity index (χ3n) is 8.63. The number of fused-ring (bicyclic) bond motifs is 6. The number of nitrogens with zero attached hydrogens (tertiary/aromatic N) is 3. The van der Waals surface area contributed by atoms with Crippen molar-refractivity contribution in [2.75, 3.05) is 4.90 Å². The van der Waals surface area contributed by atoms with Crippen LogP contribution >= 0.6 is 0 Å². The summed E-state index contributed by atoms with van der Waals surface area (Å²) in [5.74, 6) is 0.837. The van der Waals surface area contributed by atoms with Gasteiger partial charge >= 0.3 is 0 Å². The zero-order valence-electron chi connectivity index (χ0n) is 24.3. The molecule has 0 aliphatic carbocycles. The van der Waals surface area contributed by atoms with E-state index in [1.165, 1.54) is 16.3 Å². The fourth-order valence-corrected chi connectivity index (χ4v) is 6.54. The van der Waals surface area contributed by atoms with Crippen LogP contribution in [0.25, 0.3) is 60.6 Å². The molecule has 4 heteroatoms. The van der Waals surface area contributed by atoms with Crippen molar-refractivity contribution in [1.29, 1.82) is 0 Å². The monoisotopic (exact) mass is 577 g/mol. The number of furan rings is 1. The number of rotatable bonds is 5. The van der Waals surface area contributed by atoms with Crippen LogP contribution in [0.4, 0.5) is 17.2 Å². The third kappa shape index (κ3) is 4.19. The van der Waals surface area contributed by atoms with Gasteiger partial charge in [-0.25, -0.2) is 4.98 Å². The molecule has 3 aromatic heterocycles. The fourth-order valence-electron chi connectivity index (χ4n) is 6.54. The number of anilines is 3. The van der Waals surface area contributed by atoms with Crippen molar-refractivity contribution in [2.45, 2.75) is 0 Å². The maximum atomic E-state index is 6.18. The zero-order chi connectivity index (χ0) is 29.7. The van der Waals surface area contributed by atoms with Gasteiger partial charge in [-0.1, -0.05) is 91.0 Å². The Morgan fingerprint density at radius 3 is 1.96 bits per heavy atom. The Morgan fingerprint density at radius 1 is 0.467 bits per heavy atom. The standard InChI is InChI=1S/C41H27N3O/c1-3-11-28(12-4-1)29-19-24-41(42-27-29)43(31-21-23-40-36(25-31)35-16-8-10-18-39(35)45-40)32-20-22-34-33-15-7-9-17-37(33)44(38(34)26-32)30-13-5-2-6-14-30/h1-27H. The summed E-state index contributed by atoms with van der Waals surface area (Å²) in [6.07, 6.45) is 1.96. The predicted octanol–water partition coefficient (Wildman–Crippen LogP) is 11.2. The van der Waals surface area contributed by atoms with Crippen molar-refractivity contribution in [3.05, 3.63) is 164 Å². The maximum absolute atomic E-state index is 6.18. The summed E-state index contributed by atoms with van der Waals surface area (Å²) in [4.78, 5) is 7.28. The lowest BCUT2D eigenvalue weighted by Crippen LogP contribution is -2.11. The molecule has 0 amide bonds. The number of hydrogen-bond acceptors (Lipinski definition) is 3. The Kier molecular flexibility index (Phi) is 5.78. The minimum atomic E-state index is 0.837. The second-order valence-corrected chi connectivity index (χ2v) is 11.3. The van der Waals surface area contributed by atoms with Crippen LogP contribution < -0.4 is 4.90 Å². The molecule has 6 aromatic carbocycles. The highest BCUT2D eigenvalue weighted by Gasteiger charge is 2.19. The molecule has 9 rings (SSSR count). The Labute approximate surface area is 260 Å². The van der Waals surface area contributed by atoms with Gasteiger partial charge in [0, 0.05) is 50.4 Å². The van der Waals surface area contributed by atoms with Gasteiger partial charge in [0.1, 0.15) is 17.0 Å². The molecule has 0 aliphatic heterocycles. The van der Waals surface area contributed by atoms with E-state index in [0.717, 1.165) is 61.5 Å². The van der Waals surface area contributed by atoms with Gasteiger partial charge in [0.25, 0.3) is 0 Å². The van der Waals surface area contributed by atoms with Crippen LogP contribution in [0.3, 0.4) is 0 Å². The molecule has 0 aliphatic rings. The third-order valence-corrected chi connectivity index (χ3v) is 8.63. The number of pyridine rings is 1. The second-order valence-electron chi connectivity index (χ2n) is 11.3. The van der Waals surface area contributed by atoms with Gasteiger partial charge in [-0.2, -0.15) is 0 Å². The van der Waals surface area contributed by atoms with Crippen LogP contribution in [0.5, 0.6) is 0 Å². The van der Waals surface area contributed by atoms with Crippen molar-refractivity contribution in [2.24, 2.45) is 0 Å². The first-order valence-electron chi connectivity index (χ1n) is 15.1. The molecule has 0 saturated carbocycles. The number of para-hydroxylation sites is 3.